The summed E-state index contributed by atoms with van der Waals surface area (Å²) >= 11 is 0. The van der Waals surface area contributed by atoms with Gasteiger partial charge in [0.2, 0.25) is 5.91 Å². The zero-order valence-corrected chi connectivity index (χ0v) is 14.3. The number of para-hydroxylation sites is 1. The highest BCUT2D eigenvalue weighted by atomic mass is 16.5. The van der Waals surface area contributed by atoms with Crippen LogP contribution in [0, 0.1) is 0 Å². The molecule has 0 atom stereocenters. The summed E-state index contributed by atoms with van der Waals surface area (Å²) in [6, 6.07) is 14.1. The molecule has 0 fully saturated rings. The summed E-state index contributed by atoms with van der Waals surface area (Å²) in [6.07, 6.45) is 4.04. The Kier molecular flexibility index (Phi) is 6.77. The van der Waals surface area contributed by atoms with E-state index in [2.05, 4.69) is 10.1 Å². The first-order chi connectivity index (χ1) is 12.1. The number of benzene rings is 2. The summed E-state index contributed by atoms with van der Waals surface area (Å²) in [6.45, 7) is 2.66. The number of esters is 1. The van der Waals surface area contributed by atoms with Crippen molar-refractivity contribution in [3.8, 4) is 5.75 Å². The number of hydrogen-bond acceptors (Lipinski definition) is 4. The summed E-state index contributed by atoms with van der Waals surface area (Å²) in [5.74, 6) is -0.0120. The van der Waals surface area contributed by atoms with E-state index >= 15 is 0 Å². The number of nitrogens with one attached hydrogen (secondary N) is 1. The first-order valence-corrected chi connectivity index (χ1v) is 8.03. The normalized spacial score (nSPS) is 10.5. The molecule has 2 aromatic carbocycles. The van der Waals surface area contributed by atoms with Crippen LogP contribution in [0.25, 0.3) is 6.08 Å². The van der Waals surface area contributed by atoms with E-state index in [1.54, 1.807) is 30.3 Å². The second kappa shape index (κ2) is 9.27. The molecule has 0 radical (unpaired) electrons. The lowest BCUT2D eigenvalue weighted by molar-refractivity contribution is -0.111. The van der Waals surface area contributed by atoms with Crippen molar-refractivity contribution >= 4 is 23.6 Å². The van der Waals surface area contributed by atoms with Crippen molar-refractivity contribution < 1.29 is 19.1 Å². The summed E-state index contributed by atoms with van der Waals surface area (Å²) in [7, 11) is 1.31. The van der Waals surface area contributed by atoms with Gasteiger partial charge in [0.15, 0.2) is 0 Å². The first-order valence-electron chi connectivity index (χ1n) is 8.03. The molecular formula is C20H21NO4. The lowest BCUT2D eigenvalue weighted by Crippen LogP contribution is -2.09. The molecule has 0 aliphatic rings. The quantitative estimate of drug-likeness (QED) is 0.613. The average molecular weight is 339 g/mol. The Bertz CT molecular complexity index is 768. The van der Waals surface area contributed by atoms with Crippen LogP contribution in [-0.4, -0.2) is 25.6 Å². The van der Waals surface area contributed by atoms with Crippen LogP contribution in [-0.2, 0) is 9.53 Å². The number of anilines is 1. The summed E-state index contributed by atoms with van der Waals surface area (Å²) in [5.41, 5.74) is 1.73. The molecule has 5 heteroatoms. The van der Waals surface area contributed by atoms with Crippen molar-refractivity contribution in [3.63, 3.8) is 0 Å². The van der Waals surface area contributed by atoms with Crippen LogP contribution in [0.1, 0.15) is 29.3 Å². The smallest absolute Gasteiger partial charge is 0.337 e. The zero-order chi connectivity index (χ0) is 18.1. The maximum Gasteiger partial charge on any atom is 0.337 e. The van der Waals surface area contributed by atoms with Gasteiger partial charge in [-0.15, -0.1) is 0 Å². The fraction of sp³-hybridized carbons (Fsp3) is 0.200. The van der Waals surface area contributed by atoms with Gasteiger partial charge in [-0.25, -0.2) is 4.79 Å². The van der Waals surface area contributed by atoms with E-state index in [1.807, 2.05) is 31.2 Å². The highest BCUT2D eigenvalue weighted by Crippen LogP contribution is 2.20. The van der Waals surface area contributed by atoms with Gasteiger partial charge in [0.25, 0.3) is 0 Å². The number of amides is 1. The molecule has 130 valence electrons. The zero-order valence-electron chi connectivity index (χ0n) is 14.3. The summed E-state index contributed by atoms with van der Waals surface area (Å²) in [4.78, 5) is 23.6. The minimum Gasteiger partial charge on any atom is -0.493 e. The van der Waals surface area contributed by atoms with Gasteiger partial charge >= 0.3 is 5.97 Å². The van der Waals surface area contributed by atoms with E-state index in [-0.39, 0.29) is 5.91 Å². The Morgan fingerprint density at radius 3 is 2.68 bits per heavy atom. The Hall–Kier alpha value is -3.08. The van der Waals surface area contributed by atoms with E-state index in [1.165, 1.54) is 13.2 Å². The monoisotopic (exact) mass is 339 g/mol. The molecule has 25 heavy (non-hydrogen) atoms. The van der Waals surface area contributed by atoms with Gasteiger partial charge in [-0.05, 0) is 36.8 Å². The standard InChI is InChI=1S/C20H21NO4/c1-3-13-25-18-10-5-4-7-15(18)11-12-19(22)21-17-9-6-8-16(14-17)20(23)24-2/h4-12,14H,3,13H2,1-2H3,(H,21,22). The summed E-state index contributed by atoms with van der Waals surface area (Å²) in [5, 5.41) is 2.72. The Morgan fingerprint density at radius 1 is 1.12 bits per heavy atom. The van der Waals surface area contributed by atoms with Crippen LogP contribution >= 0.6 is 0 Å². The largest absolute Gasteiger partial charge is 0.493 e. The number of carbonyl (C=O) groups excluding carboxylic acids is 2. The number of rotatable bonds is 7. The number of hydrogen-bond donors (Lipinski definition) is 1. The van der Waals surface area contributed by atoms with Crippen molar-refractivity contribution in [3.05, 3.63) is 65.7 Å². The van der Waals surface area contributed by atoms with Gasteiger partial charge in [0.05, 0.1) is 19.3 Å². The molecule has 0 saturated carbocycles. The topological polar surface area (TPSA) is 64.6 Å². The van der Waals surface area contributed by atoms with Crippen molar-refractivity contribution in [2.45, 2.75) is 13.3 Å². The molecule has 5 nitrogen and oxygen atoms in total. The van der Waals surface area contributed by atoms with Crippen molar-refractivity contribution in [1.82, 2.24) is 0 Å². The van der Waals surface area contributed by atoms with Crippen LogP contribution in [0.5, 0.6) is 5.75 Å². The van der Waals surface area contributed by atoms with E-state index in [0.29, 0.717) is 17.9 Å². The molecule has 0 spiro atoms. The van der Waals surface area contributed by atoms with E-state index in [9.17, 15) is 9.59 Å². The Balaban J connectivity index is 2.05. The fourth-order valence-corrected chi connectivity index (χ4v) is 2.15. The molecule has 0 aromatic heterocycles. The van der Waals surface area contributed by atoms with Crippen LogP contribution in [0.4, 0.5) is 5.69 Å². The molecular weight excluding hydrogens is 318 g/mol. The van der Waals surface area contributed by atoms with E-state index < -0.39 is 5.97 Å². The predicted molar refractivity (Wildman–Crippen MR) is 97.7 cm³/mol. The lowest BCUT2D eigenvalue weighted by Gasteiger charge is -2.08. The van der Waals surface area contributed by atoms with Crippen LogP contribution in [0.15, 0.2) is 54.6 Å². The highest BCUT2D eigenvalue weighted by Gasteiger charge is 2.07. The molecule has 0 bridgehead atoms. The van der Waals surface area contributed by atoms with Crippen molar-refractivity contribution in [2.75, 3.05) is 19.0 Å². The van der Waals surface area contributed by atoms with Crippen molar-refractivity contribution in [1.29, 1.82) is 0 Å². The SMILES string of the molecule is CCCOc1ccccc1C=CC(=O)Nc1cccc(C(=O)OC)c1. The molecule has 0 unspecified atom stereocenters. The molecule has 1 amide bonds. The van der Waals surface area contributed by atoms with Gasteiger partial charge < -0.3 is 14.8 Å². The van der Waals surface area contributed by atoms with Crippen LogP contribution < -0.4 is 10.1 Å². The number of carbonyl (C=O) groups is 2. The molecule has 2 rings (SSSR count). The molecule has 0 saturated heterocycles. The van der Waals surface area contributed by atoms with Gasteiger partial charge in [-0.2, -0.15) is 0 Å². The van der Waals surface area contributed by atoms with Gasteiger partial charge in [0.1, 0.15) is 5.75 Å². The van der Waals surface area contributed by atoms with Gasteiger partial charge in [-0.1, -0.05) is 31.2 Å². The van der Waals surface area contributed by atoms with Crippen LogP contribution in [0.2, 0.25) is 0 Å². The minimum absolute atomic E-state index is 0.299. The fourth-order valence-electron chi connectivity index (χ4n) is 2.15. The van der Waals surface area contributed by atoms with E-state index in [4.69, 9.17) is 4.74 Å². The average Bonchev–Trinajstić information content (AvgIpc) is 2.64. The highest BCUT2D eigenvalue weighted by molar-refractivity contribution is 6.02. The molecule has 0 heterocycles. The summed E-state index contributed by atoms with van der Waals surface area (Å²) < 4.78 is 10.3. The van der Waals surface area contributed by atoms with Gasteiger partial charge in [-0.3, -0.25) is 4.79 Å². The maximum atomic E-state index is 12.1. The van der Waals surface area contributed by atoms with Crippen molar-refractivity contribution in [2.24, 2.45) is 0 Å². The third-order valence-electron chi connectivity index (χ3n) is 3.35. The molecule has 0 aliphatic heterocycles. The third-order valence-corrected chi connectivity index (χ3v) is 3.35. The van der Waals surface area contributed by atoms with Crippen LogP contribution in [0.3, 0.4) is 0 Å². The second-order valence-corrected chi connectivity index (χ2v) is 5.28. The van der Waals surface area contributed by atoms with E-state index in [0.717, 1.165) is 17.7 Å². The maximum absolute atomic E-state index is 12.1. The minimum atomic E-state index is -0.450. The molecule has 1 N–H and O–H groups in total. The molecule has 2 aromatic rings. The first kappa shape index (κ1) is 18.3. The third kappa shape index (κ3) is 5.49. The Labute approximate surface area is 147 Å². The number of ether oxygens (including phenoxy) is 2. The van der Waals surface area contributed by atoms with Gasteiger partial charge in [0, 0.05) is 17.3 Å². The number of methoxy groups -OCH3 is 1. The second-order valence-electron chi connectivity index (χ2n) is 5.28. The predicted octanol–water partition coefficient (Wildman–Crippen LogP) is 3.91. The Morgan fingerprint density at radius 2 is 1.92 bits per heavy atom. The molecule has 0 aliphatic carbocycles. The lowest BCUT2D eigenvalue weighted by atomic mass is 10.2.